The Bertz CT molecular complexity index is 460. The summed E-state index contributed by atoms with van der Waals surface area (Å²) in [6, 6.07) is 5.85. The van der Waals surface area contributed by atoms with Crippen molar-refractivity contribution in [1.82, 2.24) is 0 Å². The van der Waals surface area contributed by atoms with E-state index in [9.17, 15) is 18.4 Å². The summed E-state index contributed by atoms with van der Waals surface area (Å²) in [6.07, 6.45) is 0. The van der Waals surface area contributed by atoms with Gasteiger partial charge in [0.05, 0.1) is 12.5 Å². The number of hydrogen-bond acceptors (Lipinski definition) is 4. The first-order valence-electron chi connectivity index (χ1n) is 5.72. The summed E-state index contributed by atoms with van der Waals surface area (Å²) in [5, 5.41) is 0. The van der Waals surface area contributed by atoms with E-state index < -0.39 is 24.3 Å². The average Bonchev–Trinajstić information content (AvgIpc) is 2.37. The first-order valence-corrected chi connectivity index (χ1v) is 5.72. The van der Waals surface area contributed by atoms with E-state index in [0.717, 1.165) is 0 Å². The van der Waals surface area contributed by atoms with Crippen molar-refractivity contribution in [3.63, 3.8) is 0 Å². The van der Waals surface area contributed by atoms with E-state index in [1.807, 2.05) is 0 Å². The number of ketones is 1. The number of alkyl halides is 2. The number of Topliss-reactive ketones (excluding diaryl/α,β-unsaturated/α-hetero) is 1. The smallest absolute Gasteiger partial charge is 0.387 e. The summed E-state index contributed by atoms with van der Waals surface area (Å²) in [5.41, 5.74) is 0.223. The summed E-state index contributed by atoms with van der Waals surface area (Å²) in [4.78, 5) is 23.1. The molecule has 1 atom stereocenters. The normalized spacial score (nSPS) is 12.1. The SMILES string of the molecule is CCOC(=O)C(=O)C(C)c1ccccc1OC(F)F. The summed E-state index contributed by atoms with van der Waals surface area (Å²) in [5.74, 6) is -2.81. The molecule has 0 N–H and O–H groups in total. The van der Waals surface area contributed by atoms with Gasteiger partial charge in [0.2, 0.25) is 5.78 Å². The van der Waals surface area contributed by atoms with Crippen LogP contribution in [0.25, 0.3) is 0 Å². The van der Waals surface area contributed by atoms with Gasteiger partial charge in [-0.25, -0.2) is 4.79 Å². The number of rotatable bonds is 6. The monoisotopic (exact) mass is 272 g/mol. The van der Waals surface area contributed by atoms with E-state index in [1.54, 1.807) is 13.0 Å². The van der Waals surface area contributed by atoms with Crippen LogP contribution in [-0.4, -0.2) is 25.0 Å². The van der Waals surface area contributed by atoms with Gasteiger partial charge >= 0.3 is 12.6 Å². The molecule has 19 heavy (non-hydrogen) atoms. The second-order valence-electron chi connectivity index (χ2n) is 3.72. The van der Waals surface area contributed by atoms with Crippen molar-refractivity contribution in [3.8, 4) is 5.75 Å². The van der Waals surface area contributed by atoms with Gasteiger partial charge in [-0.1, -0.05) is 25.1 Å². The van der Waals surface area contributed by atoms with Crippen LogP contribution in [0.3, 0.4) is 0 Å². The Labute approximate surface area is 109 Å². The molecular formula is C13H14F2O4. The predicted octanol–water partition coefficient (Wildman–Crippen LogP) is 2.52. The third-order valence-corrected chi connectivity index (χ3v) is 2.47. The number of hydrogen-bond donors (Lipinski definition) is 0. The summed E-state index contributed by atoms with van der Waals surface area (Å²) >= 11 is 0. The van der Waals surface area contributed by atoms with E-state index >= 15 is 0 Å². The molecule has 0 saturated carbocycles. The maximum Gasteiger partial charge on any atom is 0.387 e. The molecule has 6 heteroatoms. The molecule has 0 aromatic heterocycles. The number of ether oxygens (including phenoxy) is 2. The third kappa shape index (κ3) is 4.01. The van der Waals surface area contributed by atoms with Crippen LogP contribution in [0, 0.1) is 0 Å². The van der Waals surface area contributed by atoms with Crippen LogP contribution in [0.2, 0.25) is 0 Å². The van der Waals surface area contributed by atoms with Crippen LogP contribution < -0.4 is 4.74 Å². The Morgan fingerprint density at radius 2 is 1.89 bits per heavy atom. The summed E-state index contributed by atoms with van der Waals surface area (Å²) in [6.45, 7) is 0.0920. The largest absolute Gasteiger partial charge is 0.460 e. The molecule has 0 radical (unpaired) electrons. The molecule has 104 valence electrons. The highest BCUT2D eigenvalue weighted by Crippen LogP contribution is 2.28. The van der Waals surface area contributed by atoms with Gasteiger partial charge in [-0.3, -0.25) is 4.79 Å². The van der Waals surface area contributed by atoms with Gasteiger partial charge in [-0.2, -0.15) is 8.78 Å². The highest BCUT2D eigenvalue weighted by atomic mass is 19.3. The van der Waals surface area contributed by atoms with Crippen molar-refractivity contribution < 1.29 is 27.8 Å². The van der Waals surface area contributed by atoms with Crippen LogP contribution in [0.4, 0.5) is 8.78 Å². The van der Waals surface area contributed by atoms with E-state index in [-0.39, 0.29) is 17.9 Å². The Morgan fingerprint density at radius 1 is 1.26 bits per heavy atom. The molecule has 1 aromatic carbocycles. The fourth-order valence-corrected chi connectivity index (χ4v) is 1.56. The first kappa shape index (κ1) is 15.1. The zero-order chi connectivity index (χ0) is 14.4. The number of carbonyl (C=O) groups excluding carboxylic acids is 2. The van der Waals surface area contributed by atoms with E-state index in [1.165, 1.54) is 25.1 Å². The zero-order valence-electron chi connectivity index (χ0n) is 10.6. The fraction of sp³-hybridized carbons (Fsp3) is 0.385. The lowest BCUT2D eigenvalue weighted by molar-refractivity contribution is -0.154. The molecule has 0 amide bonds. The van der Waals surface area contributed by atoms with Gasteiger partial charge in [0.1, 0.15) is 5.75 Å². The van der Waals surface area contributed by atoms with Crippen molar-refractivity contribution in [2.75, 3.05) is 6.61 Å². The number of carbonyl (C=O) groups is 2. The lowest BCUT2D eigenvalue weighted by atomic mass is 9.96. The number of benzene rings is 1. The van der Waals surface area contributed by atoms with Crippen LogP contribution in [-0.2, 0) is 14.3 Å². The Morgan fingerprint density at radius 3 is 2.47 bits per heavy atom. The average molecular weight is 272 g/mol. The standard InChI is InChI=1S/C13H14F2O4/c1-3-18-12(17)11(16)8(2)9-6-4-5-7-10(9)19-13(14)15/h4-8,13H,3H2,1-2H3. The quantitative estimate of drug-likeness (QED) is 0.590. The minimum Gasteiger partial charge on any atom is -0.460 e. The molecule has 1 rings (SSSR count). The highest BCUT2D eigenvalue weighted by molar-refractivity contribution is 6.35. The molecular weight excluding hydrogens is 258 g/mol. The third-order valence-electron chi connectivity index (χ3n) is 2.47. The maximum atomic E-state index is 12.2. The second kappa shape index (κ2) is 6.82. The van der Waals surface area contributed by atoms with Crippen molar-refractivity contribution in [1.29, 1.82) is 0 Å². The molecule has 0 aliphatic carbocycles. The van der Waals surface area contributed by atoms with Crippen molar-refractivity contribution >= 4 is 11.8 Å². The number of esters is 1. The van der Waals surface area contributed by atoms with E-state index in [0.29, 0.717) is 0 Å². The molecule has 0 fully saturated rings. The molecule has 0 aliphatic heterocycles. The summed E-state index contributed by atoms with van der Waals surface area (Å²) in [7, 11) is 0. The second-order valence-corrected chi connectivity index (χ2v) is 3.72. The van der Waals surface area contributed by atoms with Crippen LogP contribution >= 0.6 is 0 Å². The van der Waals surface area contributed by atoms with Crippen molar-refractivity contribution in [2.24, 2.45) is 0 Å². The lowest BCUT2D eigenvalue weighted by Crippen LogP contribution is -2.23. The molecule has 0 bridgehead atoms. The van der Waals surface area contributed by atoms with Gasteiger partial charge in [-0.05, 0) is 13.0 Å². The minimum absolute atomic E-state index is 0.0759. The number of para-hydroxylation sites is 1. The van der Waals surface area contributed by atoms with Crippen LogP contribution in [0.1, 0.15) is 25.3 Å². The van der Waals surface area contributed by atoms with E-state index in [2.05, 4.69) is 9.47 Å². The Kier molecular flexibility index (Phi) is 5.41. The summed E-state index contributed by atoms with van der Waals surface area (Å²) < 4.78 is 33.4. The van der Waals surface area contributed by atoms with Crippen molar-refractivity contribution in [2.45, 2.75) is 26.4 Å². The Hall–Kier alpha value is -1.98. The molecule has 0 saturated heterocycles. The van der Waals surface area contributed by atoms with Gasteiger partial charge < -0.3 is 9.47 Å². The lowest BCUT2D eigenvalue weighted by Gasteiger charge is -2.14. The molecule has 0 aliphatic rings. The fourth-order valence-electron chi connectivity index (χ4n) is 1.56. The van der Waals surface area contributed by atoms with E-state index in [4.69, 9.17) is 0 Å². The van der Waals surface area contributed by atoms with Crippen molar-refractivity contribution in [3.05, 3.63) is 29.8 Å². The maximum absolute atomic E-state index is 12.2. The predicted molar refractivity (Wildman–Crippen MR) is 63.1 cm³/mol. The molecule has 1 aromatic rings. The van der Waals surface area contributed by atoms with Gasteiger partial charge in [0.15, 0.2) is 0 Å². The first-order chi connectivity index (χ1) is 8.97. The zero-order valence-corrected chi connectivity index (χ0v) is 10.6. The number of halogens is 2. The molecule has 0 heterocycles. The molecule has 1 unspecified atom stereocenters. The van der Waals surface area contributed by atoms with Gasteiger partial charge in [-0.15, -0.1) is 0 Å². The van der Waals surface area contributed by atoms with Gasteiger partial charge in [0, 0.05) is 5.56 Å². The highest BCUT2D eigenvalue weighted by Gasteiger charge is 2.26. The van der Waals surface area contributed by atoms with Crippen LogP contribution in [0.15, 0.2) is 24.3 Å². The molecule has 4 nitrogen and oxygen atoms in total. The van der Waals surface area contributed by atoms with Gasteiger partial charge in [0.25, 0.3) is 0 Å². The topological polar surface area (TPSA) is 52.6 Å². The Balaban J connectivity index is 2.95. The van der Waals surface area contributed by atoms with Crippen LogP contribution in [0.5, 0.6) is 5.75 Å². The minimum atomic E-state index is -2.99. The molecule has 0 spiro atoms.